The minimum atomic E-state index is -0.322. The molecule has 0 radical (unpaired) electrons. The number of nitrogens with two attached hydrogens (primary N) is 1. The lowest BCUT2D eigenvalue weighted by Crippen LogP contribution is -2.52. The summed E-state index contributed by atoms with van der Waals surface area (Å²) in [5, 5.41) is 0. The number of piperazine rings is 1. The van der Waals surface area contributed by atoms with Crippen LogP contribution in [0.4, 0.5) is 0 Å². The summed E-state index contributed by atoms with van der Waals surface area (Å²) in [6.45, 7) is 2.46. The summed E-state index contributed by atoms with van der Waals surface area (Å²) >= 11 is 0. The van der Waals surface area contributed by atoms with Crippen LogP contribution in [0, 0.1) is 0 Å². The van der Waals surface area contributed by atoms with Crippen LogP contribution in [0.5, 0.6) is 0 Å². The first kappa shape index (κ1) is 17.2. The molecule has 0 aromatic heterocycles. The Morgan fingerprint density at radius 2 is 1.36 bits per heavy atom. The zero-order valence-corrected chi connectivity index (χ0v) is 14.2. The van der Waals surface area contributed by atoms with Crippen LogP contribution in [-0.4, -0.2) is 54.3 Å². The molecule has 1 unspecified atom stereocenters. The first-order valence-corrected chi connectivity index (χ1v) is 8.59. The summed E-state index contributed by atoms with van der Waals surface area (Å²) in [6.07, 6.45) is 0. The lowest BCUT2D eigenvalue weighted by atomic mass is 9.97. The number of carbonyl (C=O) groups is 2. The van der Waals surface area contributed by atoms with Crippen molar-refractivity contribution in [2.45, 2.75) is 5.92 Å². The van der Waals surface area contributed by atoms with Gasteiger partial charge < -0.3 is 15.5 Å². The van der Waals surface area contributed by atoms with Gasteiger partial charge in [0.1, 0.15) is 0 Å². The molecule has 2 amide bonds. The van der Waals surface area contributed by atoms with E-state index in [0.29, 0.717) is 31.7 Å². The predicted octanol–water partition coefficient (Wildman–Crippen LogP) is 1.71. The van der Waals surface area contributed by atoms with Crippen molar-refractivity contribution in [3.8, 4) is 0 Å². The van der Waals surface area contributed by atoms with E-state index in [-0.39, 0.29) is 24.3 Å². The zero-order chi connectivity index (χ0) is 17.6. The van der Waals surface area contributed by atoms with Crippen LogP contribution in [0.2, 0.25) is 0 Å². The van der Waals surface area contributed by atoms with Gasteiger partial charge in [0.2, 0.25) is 5.91 Å². The molecule has 2 N–H and O–H groups in total. The Balaban J connectivity index is 1.62. The third-order valence-corrected chi connectivity index (χ3v) is 4.64. The topological polar surface area (TPSA) is 66.6 Å². The van der Waals surface area contributed by atoms with Gasteiger partial charge in [-0.3, -0.25) is 9.59 Å². The molecule has 1 heterocycles. The van der Waals surface area contributed by atoms with Gasteiger partial charge in [-0.05, 0) is 17.7 Å². The van der Waals surface area contributed by atoms with E-state index < -0.39 is 0 Å². The fraction of sp³-hybridized carbons (Fsp3) is 0.300. The van der Waals surface area contributed by atoms with E-state index in [0.717, 1.165) is 5.56 Å². The summed E-state index contributed by atoms with van der Waals surface area (Å²) in [6, 6.07) is 18.9. The number of carbonyl (C=O) groups excluding carboxylic acids is 2. The van der Waals surface area contributed by atoms with Gasteiger partial charge >= 0.3 is 0 Å². The highest BCUT2D eigenvalue weighted by molar-refractivity contribution is 5.94. The van der Waals surface area contributed by atoms with Gasteiger partial charge in [0.05, 0.1) is 5.92 Å². The molecule has 5 nitrogen and oxygen atoms in total. The molecule has 25 heavy (non-hydrogen) atoms. The maximum atomic E-state index is 12.8. The summed E-state index contributed by atoms with van der Waals surface area (Å²) in [7, 11) is 0. The molecule has 1 saturated heterocycles. The second-order valence-electron chi connectivity index (χ2n) is 6.18. The molecule has 1 atom stereocenters. The molecule has 3 rings (SSSR count). The molecule has 2 aromatic rings. The standard InChI is InChI=1S/C20H23N3O2/c21-15-18(16-7-3-1-4-8-16)20(25)23-13-11-22(12-14-23)19(24)17-9-5-2-6-10-17/h1-10,18H,11-15,21H2. The van der Waals surface area contributed by atoms with E-state index in [2.05, 4.69) is 0 Å². The van der Waals surface area contributed by atoms with Crippen molar-refractivity contribution in [2.24, 2.45) is 5.73 Å². The molecule has 1 aliphatic heterocycles. The Kier molecular flexibility index (Phi) is 5.46. The lowest BCUT2D eigenvalue weighted by Gasteiger charge is -2.36. The Bertz CT molecular complexity index is 710. The van der Waals surface area contributed by atoms with E-state index in [1.54, 1.807) is 4.90 Å². The number of hydrogen-bond donors (Lipinski definition) is 1. The smallest absolute Gasteiger partial charge is 0.253 e. The van der Waals surface area contributed by atoms with Gasteiger partial charge in [-0.25, -0.2) is 0 Å². The van der Waals surface area contributed by atoms with Crippen LogP contribution in [0.15, 0.2) is 60.7 Å². The van der Waals surface area contributed by atoms with Crippen molar-refractivity contribution in [3.05, 3.63) is 71.8 Å². The van der Waals surface area contributed by atoms with Crippen LogP contribution >= 0.6 is 0 Å². The van der Waals surface area contributed by atoms with Crippen molar-refractivity contribution >= 4 is 11.8 Å². The molecule has 130 valence electrons. The van der Waals surface area contributed by atoms with Crippen LogP contribution in [0.3, 0.4) is 0 Å². The Morgan fingerprint density at radius 3 is 1.92 bits per heavy atom. The number of nitrogens with zero attached hydrogens (tertiary/aromatic N) is 2. The maximum absolute atomic E-state index is 12.8. The average Bonchev–Trinajstić information content (AvgIpc) is 2.69. The molecule has 0 bridgehead atoms. The lowest BCUT2D eigenvalue weighted by molar-refractivity contribution is -0.134. The summed E-state index contributed by atoms with van der Waals surface area (Å²) in [5.74, 6) is -0.260. The van der Waals surface area contributed by atoms with Gasteiger partial charge in [-0.1, -0.05) is 48.5 Å². The Morgan fingerprint density at radius 1 is 0.840 bits per heavy atom. The van der Waals surface area contributed by atoms with Crippen molar-refractivity contribution in [1.82, 2.24) is 9.80 Å². The summed E-state index contributed by atoms with van der Waals surface area (Å²) in [5.41, 5.74) is 7.48. The normalized spacial score (nSPS) is 15.7. The second-order valence-corrected chi connectivity index (χ2v) is 6.18. The van der Waals surface area contributed by atoms with E-state index >= 15 is 0 Å². The van der Waals surface area contributed by atoms with E-state index in [1.807, 2.05) is 65.6 Å². The fourth-order valence-corrected chi connectivity index (χ4v) is 3.18. The van der Waals surface area contributed by atoms with Crippen molar-refractivity contribution < 1.29 is 9.59 Å². The zero-order valence-electron chi connectivity index (χ0n) is 14.2. The van der Waals surface area contributed by atoms with E-state index in [4.69, 9.17) is 5.73 Å². The molecule has 1 fully saturated rings. The summed E-state index contributed by atoms with van der Waals surface area (Å²) < 4.78 is 0. The monoisotopic (exact) mass is 337 g/mol. The molecule has 2 aromatic carbocycles. The molecular formula is C20H23N3O2. The van der Waals surface area contributed by atoms with Crippen molar-refractivity contribution in [2.75, 3.05) is 32.7 Å². The largest absolute Gasteiger partial charge is 0.339 e. The second kappa shape index (κ2) is 7.94. The molecule has 1 aliphatic rings. The van der Waals surface area contributed by atoms with Crippen LogP contribution < -0.4 is 5.73 Å². The van der Waals surface area contributed by atoms with E-state index in [9.17, 15) is 9.59 Å². The molecule has 5 heteroatoms. The highest BCUT2D eigenvalue weighted by Crippen LogP contribution is 2.19. The number of rotatable bonds is 4. The van der Waals surface area contributed by atoms with Crippen LogP contribution in [0.1, 0.15) is 21.8 Å². The van der Waals surface area contributed by atoms with Gasteiger partial charge in [0, 0.05) is 38.3 Å². The molecule has 0 saturated carbocycles. The van der Waals surface area contributed by atoms with E-state index in [1.165, 1.54) is 0 Å². The van der Waals surface area contributed by atoms with Crippen LogP contribution in [-0.2, 0) is 4.79 Å². The maximum Gasteiger partial charge on any atom is 0.253 e. The van der Waals surface area contributed by atoms with Gasteiger partial charge in [-0.15, -0.1) is 0 Å². The third-order valence-electron chi connectivity index (χ3n) is 4.64. The first-order chi connectivity index (χ1) is 12.2. The number of amides is 2. The quantitative estimate of drug-likeness (QED) is 0.924. The fourth-order valence-electron chi connectivity index (χ4n) is 3.18. The third kappa shape index (κ3) is 3.88. The minimum absolute atomic E-state index is 0.0196. The first-order valence-electron chi connectivity index (χ1n) is 8.59. The minimum Gasteiger partial charge on any atom is -0.339 e. The Hall–Kier alpha value is -2.66. The van der Waals surface area contributed by atoms with Crippen LogP contribution in [0.25, 0.3) is 0 Å². The molecule has 0 aliphatic carbocycles. The van der Waals surface area contributed by atoms with Crippen molar-refractivity contribution in [1.29, 1.82) is 0 Å². The Labute approximate surface area is 148 Å². The number of benzene rings is 2. The number of hydrogen-bond acceptors (Lipinski definition) is 3. The van der Waals surface area contributed by atoms with Crippen molar-refractivity contribution in [3.63, 3.8) is 0 Å². The molecule has 0 spiro atoms. The molecular weight excluding hydrogens is 314 g/mol. The SMILES string of the molecule is NCC(C(=O)N1CCN(C(=O)c2ccccc2)CC1)c1ccccc1. The summed E-state index contributed by atoms with van der Waals surface area (Å²) in [4.78, 5) is 28.9. The van der Waals surface area contributed by atoms with Gasteiger partial charge in [0.25, 0.3) is 5.91 Å². The van der Waals surface area contributed by atoms with Gasteiger partial charge in [0.15, 0.2) is 0 Å². The average molecular weight is 337 g/mol. The highest BCUT2D eigenvalue weighted by Gasteiger charge is 2.29. The van der Waals surface area contributed by atoms with Gasteiger partial charge in [-0.2, -0.15) is 0 Å². The predicted molar refractivity (Wildman–Crippen MR) is 97.2 cm³/mol. The highest BCUT2D eigenvalue weighted by atomic mass is 16.2.